The normalized spacial score (nSPS) is 15.0. The van der Waals surface area contributed by atoms with E-state index in [-0.39, 0.29) is 12.6 Å². The third-order valence-corrected chi connectivity index (χ3v) is 4.46. The fourth-order valence-corrected chi connectivity index (χ4v) is 3.13. The molecule has 3 nitrogen and oxygen atoms in total. The van der Waals surface area contributed by atoms with Crippen LogP contribution >= 0.6 is 0 Å². The van der Waals surface area contributed by atoms with Crippen LogP contribution in [0.25, 0.3) is 5.57 Å². The Morgan fingerprint density at radius 2 is 2.04 bits per heavy atom. The number of nitrogens with two attached hydrogens (primary N) is 1. The molecule has 0 radical (unpaired) electrons. The van der Waals surface area contributed by atoms with Crippen LogP contribution in [-0.2, 0) is 6.42 Å². The van der Waals surface area contributed by atoms with Gasteiger partial charge in [0.15, 0.2) is 0 Å². The van der Waals surface area contributed by atoms with Crippen molar-refractivity contribution < 1.29 is 9.84 Å². The van der Waals surface area contributed by atoms with Gasteiger partial charge in [-0.1, -0.05) is 44.7 Å². The number of aliphatic hydroxyl groups is 1. The van der Waals surface area contributed by atoms with Crippen LogP contribution < -0.4 is 10.5 Å². The van der Waals surface area contributed by atoms with E-state index in [0.717, 1.165) is 38.0 Å². The summed E-state index contributed by atoms with van der Waals surface area (Å²) in [7, 11) is 0. The molecule has 128 valence electrons. The van der Waals surface area contributed by atoms with Crippen molar-refractivity contribution in [2.45, 2.75) is 64.3 Å². The maximum absolute atomic E-state index is 9.16. The van der Waals surface area contributed by atoms with E-state index in [1.807, 2.05) is 0 Å². The van der Waals surface area contributed by atoms with Crippen molar-refractivity contribution in [1.82, 2.24) is 0 Å². The highest BCUT2D eigenvalue weighted by molar-refractivity contribution is 5.71. The van der Waals surface area contributed by atoms with Crippen molar-refractivity contribution in [3.05, 3.63) is 35.4 Å². The minimum atomic E-state index is -0.175. The topological polar surface area (TPSA) is 55.5 Å². The molecule has 3 N–H and O–H groups in total. The largest absolute Gasteiger partial charge is 0.494 e. The molecular weight excluding hydrogens is 286 g/mol. The van der Waals surface area contributed by atoms with Gasteiger partial charge in [-0.15, -0.1) is 0 Å². The van der Waals surface area contributed by atoms with Crippen LogP contribution in [0.2, 0.25) is 0 Å². The van der Waals surface area contributed by atoms with Crippen molar-refractivity contribution in [3.8, 4) is 5.75 Å². The van der Waals surface area contributed by atoms with E-state index < -0.39 is 0 Å². The monoisotopic (exact) mass is 317 g/mol. The summed E-state index contributed by atoms with van der Waals surface area (Å²) < 4.78 is 5.91. The fraction of sp³-hybridized carbons (Fsp3) is 0.600. The number of aryl methyl sites for hydroxylation is 1. The van der Waals surface area contributed by atoms with Gasteiger partial charge in [0.25, 0.3) is 0 Å². The van der Waals surface area contributed by atoms with Crippen LogP contribution in [0.1, 0.15) is 63.0 Å². The second kappa shape index (κ2) is 9.74. The molecule has 0 aromatic heterocycles. The van der Waals surface area contributed by atoms with E-state index in [9.17, 15) is 0 Å². The number of aliphatic hydroxyl groups excluding tert-OH is 1. The van der Waals surface area contributed by atoms with Crippen molar-refractivity contribution >= 4 is 5.57 Å². The van der Waals surface area contributed by atoms with Crippen LogP contribution in [0.3, 0.4) is 0 Å². The smallest absolute Gasteiger partial charge is 0.119 e. The first-order valence-corrected chi connectivity index (χ1v) is 9.06. The first-order chi connectivity index (χ1) is 11.2. The van der Waals surface area contributed by atoms with Crippen molar-refractivity contribution in [3.63, 3.8) is 0 Å². The Balaban J connectivity index is 1.88. The summed E-state index contributed by atoms with van der Waals surface area (Å²) in [5, 5.41) is 9.16. The van der Waals surface area contributed by atoms with E-state index in [1.165, 1.54) is 42.4 Å². The lowest BCUT2D eigenvalue weighted by atomic mass is 9.87. The molecule has 0 saturated carbocycles. The minimum absolute atomic E-state index is 0.0336. The molecule has 0 saturated heterocycles. The Morgan fingerprint density at radius 1 is 1.22 bits per heavy atom. The number of rotatable bonds is 10. The molecule has 0 heterocycles. The zero-order chi connectivity index (χ0) is 16.5. The Labute approximate surface area is 140 Å². The van der Waals surface area contributed by atoms with E-state index >= 15 is 0 Å². The van der Waals surface area contributed by atoms with Gasteiger partial charge in [-0.3, -0.25) is 0 Å². The fourth-order valence-electron chi connectivity index (χ4n) is 3.13. The third kappa shape index (κ3) is 5.67. The lowest BCUT2D eigenvalue weighted by Gasteiger charge is -2.21. The Morgan fingerprint density at radius 3 is 2.83 bits per heavy atom. The molecule has 0 unspecified atom stereocenters. The highest BCUT2D eigenvalue weighted by Gasteiger charge is 2.15. The molecule has 1 aromatic rings. The quantitative estimate of drug-likeness (QED) is 0.639. The van der Waals surface area contributed by atoms with Gasteiger partial charge >= 0.3 is 0 Å². The zero-order valence-electron chi connectivity index (χ0n) is 14.4. The second-order valence-corrected chi connectivity index (χ2v) is 6.50. The minimum Gasteiger partial charge on any atom is -0.494 e. The van der Waals surface area contributed by atoms with Gasteiger partial charge < -0.3 is 15.6 Å². The van der Waals surface area contributed by atoms with Crippen LogP contribution in [0.4, 0.5) is 0 Å². The summed E-state index contributed by atoms with van der Waals surface area (Å²) in [6.45, 7) is 3.08. The molecule has 1 aromatic carbocycles. The Hall–Kier alpha value is -1.32. The van der Waals surface area contributed by atoms with Gasteiger partial charge in [0.2, 0.25) is 0 Å². The summed E-state index contributed by atoms with van der Waals surface area (Å²) >= 11 is 0. The highest BCUT2D eigenvalue weighted by atomic mass is 16.5. The van der Waals surface area contributed by atoms with Gasteiger partial charge in [-0.05, 0) is 54.5 Å². The van der Waals surface area contributed by atoms with Crippen molar-refractivity contribution in [2.24, 2.45) is 5.73 Å². The second-order valence-electron chi connectivity index (χ2n) is 6.50. The van der Waals surface area contributed by atoms with Gasteiger partial charge in [-0.2, -0.15) is 0 Å². The lowest BCUT2D eigenvalue weighted by molar-refractivity contribution is 0.267. The predicted octanol–water partition coefficient (Wildman–Crippen LogP) is 4.08. The average Bonchev–Trinajstić information content (AvgIpc) is 2.58. The molecule has 0 bridgehead atoms. The molecule has 1 atom stereocenters. The summed E-state index contributed by atoms with van der Waals surface area (Å²) in [4.78, 5) is 0. The molecule has 1 aliphatic rings. The molecule has 3 heteroatoms. The average molecular weight is 317 g/mol. The Bertz CT molecular complexity index is 510. The van der Waals surface area contributed by atoms with Crippen LogP contribution in [0.5, 0.6) is 5.75 Å². The number of hydrogen-bond acceptors (Lipinski definition) is 3. The molecule has 0 spiro atoms. The highest BCUT2D eigenvalue weighted by Crippen LogP contribution is 2.32. The molecule has 23 heavy (non-hydrogen) atoms. The van der Waals surface area contributed by atoms with E-state index in [2.05, 4.69) is 31.2 Å². The van der Waals surface area contributed by atoms with Gasteiger partial charge in [0.05, 0.1) is 13.2 Å². The summed E-state index contributed by atoms with van der Waals surface area (Å²) in [5.41, 5.74) is 9.77. The predicted molar refractivity (Wildman–Crippen MR) is 96.7 cm³/mol. The first kappa shape index (κ1) is 18.0. The van der Waals surface area contributed by atoms with E-state index in [0.29, 0.717) is 0 Å². The van der Waals surface area contributed by atoms with Crippen LogP contribution in [0, 0.1) is 0 Å². The first-order valence-electron chi connectivity index (χ1n) is 9.06. The summed E-state index contributed by atoms with van der Waals surface area (Å²) in [6.07, 6.45) is 11.4. The maximum Gasteiger partial charge on any atom is 0.119 e. The summed E-state index contributed by atoms with van der Waals surface area (Å²) in [6, 6.07) is 6.22. The molecule has 0 fully saturated rings. The zero-order valence-corrected chi connectivity index (χ0v) is 14.4. The number of ether oxygens (including phenoxy) is 1. The standard InChI is InChI=1S/C20H31NO2/c1-2-3-4-5-6-12-23-19-10-11-20-16(13-18(21)15-22)8-7-9-17(20)14-19/h8,10-11,14,18,22H,2-7,9,12-13,15,21H2,1H3/t18-/m1/s1. The SMILES string of the molecule is CCCCCCCOc1ccc2c(c1)CCC=C2C[C@@H](N)CO. The van der Waals surface area contributed by atoms with Gasteiger partial charge in [0, 0.05) is 6.04 Å². The number of unbranched alkanes of at least 4 members (excludes halogenated alkanes) is 4. The molecular formula is C20H31NO2. The van der Waals surface area contributed by atoms with E-state index in [4.69, 9.17) is 15.6 Å². The molecule has 0 aliphatic heterocycles. The number of allylic oxidation sites excluding steroid dienone is 1. The molecule has 0 amide bonds. The van der Waals surface area contributed by atoms with Crippen molar-refractivity contribution in [2.75, 3.05) is 13.2 Å². The third-order valence-electron chi connectivity index (χ3n) is 4.46. The van der Waals surface area contributed by atoms with Gasteiger partial charge in [-0.25, -0.2) is 0 Å². The van der Waals surface area contributed by atoms with Crippen LogP contribution in [0.15, 0.2) is 24.3 Å². The van der Waals surface area contributed by atoms with E-state index in [1.54, 1.807) is 0 Å². The lowest BCUT2D eigenvalue weighted by Crippen LogP contribution is -2.25. The number of hydrogen-bond donors (Lipinski definition) is 2. The van der Waals surface area contributed by atoms with Crippen molar-refractivity contribution in [1.29, 1.82) is 0 Å². The maximum atomic E-state index is 9.16. The van der Waals surface area contributed by atoms with Gasteiger partial charge in [0.1, 0.15) is 5.75 Å². The van der Waals surface area contributed by atoms with Crippen LogP contribution in [-0.4, -0.2) is 24.4 Å². The number of fused-ring (bicyclic) bond motifs is 1. The molecule has 1 aliphatic carbocycles. The number of benzene rings is 1. The summed E-state index contributed by atoms with van der Waals surface area (Å²) in [5.74, 6) is 0.979. The Kier molecular flexibility index (Phi) is 7.63. The molecule has 2 rings (SSSR count).